The topological polar surface area (TPSA) is 54.5 Å². The van der Waals surface area contributed by atoms with Gasteiger partial charge < -0.3 is 19.1 Å². The van der Waals surface area contributed by atoms with Crippen molar-refractivity contribution in [1.29, 1.82) is 0 Å². The van der Waals surface area contributed by atoms with Crippen molar-refractivity contribution < 1.29 is 19.0 Å². The average Bonchev–Trinajstić information content (AvgIpc) is 3.32. The van der Waals surface area contributed by atoms with Crippen LogP contribution < -0.4 is 9.47 Å². The minimum atomic E-state index is 0.204. The average molecular weight is 494 g/mol. The van der Waals surface area contributed by atoms with E-state index in [4.69, 9.17) is 14.2 Å². The van der Waals surface area contributed by atoms with Gasteiger partial charge in [-0.05, 0) is 49.9 Å². The molecule has 2 aromatic carbocycles. The molecule has 1 saturated heterocycles. The molecule has 36 heavy (non-hydrogen) atoms. The van der Waals surface area contributed by atoms with Gasteiger partial charge in [0.05, 0.1) is 26.4 Å². The number of hydrogen-bond acceptors (Lipinski definition) is 6. The molecule has 0 spiro atoms. The van der Waals surface area contributed by atoms with E-state index in [0.717, 1.165) is 69.0 Å². The molecule has 2 aromatic rings. The molecule has 3 aliphatic heterocycles. The summed E-state index contributed by atoms with van der Waals surface area (Å²) in [5.74, 6) is 1.82. The molecule has 1 atom stereocenters. The highest BCUT2D eigenvalue weighted by Gasteiger charge is 2.30. The second-order valence-electron chi connectivity index (χ2n) is 9.97. The number of amides is 1. The van der Waals surface area contributed by atoms with Crippen LogP contribution in [-0.4, -0.2) is 85.8 Å². The van der Waals surface area contributed by atoms with Crippen LogP contribution in [0.5, 0.6) is 11.5 Å². The second kappa shape index (κ2) is 12.1. The van der Waals surface area contributed by atoms with Gasteiger partial charge in [0.25, 0.3) is 0 Å². The van der Waals surface area contributed by atoms with Gasteiger partial charge in [0.1, 0.15) is 6.61 Å². The third-order valence-electron chi connectivity index (χ3n) is 7.56. The van der Waals surface area contributed by atoms with E-state index < -0.39 is 0 Å². The highest BCUT2D eigenvalue weighted by Crippen LogP contribution is 2.34. The van der Waals surface area contributed by atoms with Crippen molar-refractivity contribution in [2.45, 2.75) is 45.3 Å². The van der Waals surface area contributed by atoms with Crippen LogP contribution in [0.15, 0.2) is 42.5 Å². The summed E-state index contributed by atoms with van der Waals surface area (Å²) < 4.78 is 17.9. The first-order valence-electron chi connectivity index (χ1n) is 13.5. The maximum Gasteiger partial charge on any atom is 0.236 e. The molecule has 1 amide bonds. The number of carbonyl (C=O) groups excluding carboxylic acids is 1. The maximum absolute atomic E-state index is 13.5. The van der Waals surface area contributed by atoms with Crippen LogP contribution in [0.25, 0.3) is 0 Å². The first-order chi connectivity index (χ1) is 17.7. The monoisotopic (exact) mass is 493 g/mol. The predicted molar refractivity (Wildman–Crippen MR) is 139 cm³/mol. The van der Waals surface area contributed by atoms with Crippen molar-refractivity contribution in [2.75, 3.05) is 59.2 Å². The summed E-state index contributed by atoms with van der Waals surface area (Å²) in [6.45, 7) is 9.48. The Bertz CT molecular complexity index is 1030. The van der Waals surface area contributed by atoms with Crippen LogP contribution >= 0.6 is 0 Å². The van der Waals surface area contributed by atoms with E-state index >= 15 is 0 Å². The number of carbonyl (C=O) groups is 1. The quantitative estimate of drug-likeness (QED) is 0.651. The first kappa shape index (κ1) is 25.1. The van der Waals surface area contributed by atoms with Crippen molar-refractivity contribution in [3.8, 4) is 11.5 Å². The van der Waals surface area contributed by atoms with Crippen LogP contribution in [0, 0.1) is 0 Å². The van der Waals surface area contributed by atoms with E-state index in [9.17, 15) is 4.79 Å². The third kappa shape index (κ3) is 6.02. The van der Waals surface area contributed by atoms with Gasteiger partial charge in [-0.25, -0.2) is 0 Å². The molecule has 194 valence electrons. The molecule has 0 aromatic heterocycles. The van der Waals surface area contributed by atoms with Crippen molar-refractivity contribution in [2.24, 2.45) is 0 Å². The Morgan fingerprint density at radius 2 is 1.83 bits per heavy atom. The van der Waals surface area contributed by atoms with Gasteiger partial charge in [-0.15, -0.1) is 0 Å². The normalized spacial score (nSPS) is 21.7. The number of ether oxygens (including phenoxy) is 3. The van der Waals surface area contributed by atoms with Crippen LogP contribution in [0.2, 0.25) is 0 Å². The lowest BCUT2D eigenvalue weighted by Crippen LogP contribution is -2.48. The minimum Gasteiger partial charge on any atom is -0.490 e. The Morgan fingerprint density at radius 3 is 2.72 bits per heavy atom. The largest absolute Gasteiger partial charge is 0.490 e. The first-order valence-corrected chi connectivity index (χ1v) is 13.5. The Morgan fingerprint density at radius 1 is 0.972 bits per heavy atom. The minimum absolute atomic E-state index is 0.204. The molecule has 0 saturated carbocycles. The molecule has 0 unspecified atom stereocenters. The number of para-hydroxylation sites is 1. The Labute approximate surface area is 214 Å². The summed E-state index contributed by atoms with van der Waals surface area (Å²) >= 11 is 0. The van der Waals surface area contributed by atoms with E-state index in [2.05, 4.69) is 40.1 Å². The van der Waals surface area contributed by atoms with Crippen molar-refractivity contribution >= 4 is 5.91 Å². The molecule has 1 fully saturated rings. The van der Waals surface area contributed by atoms with Gasteiger partial charge in [-0.2, -0.15) is 0 Å². The number of nitrogens with zero attached hydrogens (tertiary/aromatic N) is 3. The van der Waals surface area contributed by atoms with Gasteiger partial charge >= 0.3 is 0 Å². The van der Waals surface area contributed by atoms with Gasteiger partial charge in [-0.3, -0.25) is 14.6 Å². The van der Waals surface area contributed by atoms with E-state index in [1.54, 1.807) is 0 Å². The van der Waals surface area contributed by atoms with Crippen molar-refractivity contribution in [3.05, 3.63) is 59.2 Å². The van der Waals surface area contributed by atoms with E-state index in [1.807, 2.05) is 24.0 Å². The van der Waals surface area contributed by atoms with Crippen molar-refractivity contribution in [3.63, 3.8) is 0 Å². The summed E-state index contributed by atoms with van der Waals surface area (Å²) in [5.41, 5.74) is 3.89. The number of hydrogen-bond donors (Lipinski definition) is 0. The van der Waals surface area contributed by atoms with Crippen molar-refractivity contribution in [1.82, 2.24) is 14.7 Å². The van der Waals surface area contributed by atoms with Gasteiger partial charge in [-0.1, -0.05) is 36.4 Å². The molecule has 3 aliphatic rings. The van der Waals surface area contributed by atoms with Gasteiger partial charge in [0, 0.05) is 44.3 Å². The molecule has 0 bridgehead atoms. The summed E-state index contributed by atoms with van der Waals surface area (Å²) in [6.07, 6.45) is 3.25. The Kier molecular flexibility index (Phi) is 8.41. The van der Waals surface area contributed by atoms with Crippen LogP contribution in [-0.2, 0) is 29.0 Å². The smallest absolute Gasteiger partial charge is 0.236 e. The third-order valence-corrected chi connectivity index (χ3v) is 7.56. The number of benzene rings is 2. The van der Waals surface area contributed by atoms with Crippen LogP contribution in [0.1, 0.15) is 36.5 Å². The number of rotatable bonds is 4. The zero-order valence-corrected chi connectivity index (χ0v) is 21.5. The lowest BCUT2D eigenvalue weighted by atomic mass is 10.00. The second-order valence-corrected chi connectivity index (χ2v) is 9.97. The zero-order valence-electron chi connectivity index (χ0n) is 21.5. The van der Waals surface area contributed by atoms with Crippen LogP contribution in [0.4, 0.5) is 0 Å². The molecule has 0 N–H and O–H groups in total. The molecule has 0 aliphatic carbocycles. The summed E-state index contributed by atoms with van der Waals surface area (Å²) in [5, 5.41) is 0. The van der Waals surface area contributed by atoms with E-state index in [-0.39, 0.29) is 5.91 Å². The molecular formula is C29H39N3O4. The van der Waals surface area contributed by atoms with E-state index in [1.165, 1.54) is 11.1 Å². The zero-order chi connectivity index (χ0) is 24.7. The SMILES string of the molecule is CCOc1cccc2c1OCCOCCN(C(=O)CN1CCc3ccccc3C1)C[C@@H]1CCCN1C2. The highest BCUT2D eigenvalue weighted by molar-refractivity contribution is 5.78. The lowest BCUT2D eigenvalue weighted by Gasteiger charge is -2.34. The molecule has 7 heteroatoms. The predicted octanol–water partition coefficient (Wildman–Crippen LogP) is 3.35. The molecule has 5 rings (SSSR count). The highest BCUT2D eigenvalue weighted by atomic mass is 16.5. The standard InChI is InChI=1S/C29H39N3O4/c1-2-35-27-11-5-9-25-20-31-13-6-10-26(31)21-32(15-16-34-17-18-36-29(25)27)28(33)22-30-14-12-23-7-3-4-8-24(23)19-30/h3-5,7-9,11,26H,2,6,10,12-22H2,1H3/t26-/m0/s1. The summed E-state index contributed by atoms with van der Waals surface area (Å²) in [6, 6.07) is 15.1. The van der Waals surface area contributed by atoms with Gasteiger partial charge in [0.2, 0.25) is 5.91 Å². The summed E-state index contributed by atoms with van der Waals surface area (Å²) in [7, 11) is 0. The Balaban J connectivity index is 1.29. The van der Waals surface area contributed by atoms with Crippen LogP contribution in [0.3, 0.4) is 0 Å². The maximum atomic E-state index is 13.5. The molecular weight excluding hydrogens is 454 g/mol. The molecule has 7 nitrogen and oxygen atoms in total. The van der Waals surface area contributed by atoms with Gasteiger partial charge in [0.15, 0.2) is 11.5 Å². The fraction of sp³-hybridized carbons (Fsp3) is 0.552. The van der Waals surface area contributed by atoms with E-state index in [0.29, 0.717) is 45.6 Å². The fourth-order valence-corrected chi connectivity index (χ4v) is 5.68. The fourth-order valence-electron chi connectivity index (χ4n) is 5.68. The molecule has 3 heterocycles. The summed E-state index contributed by atoms with van der Waals surface area (Å²) in [4.78, 5) is 20.4. The lowest BCUT2D eigenvalue weighted by molar-refractivity contribution is -0.134. The number of fused-ring (bicyclic) bond motifs is 3. The Hall–Kier alpha value is -2.61. The molecule has 0 radical (unpaired) electrons.